The first kappa shape index (κ1) is 60.9. The normalized spacial score (nSPS) is 12.1. The van der Waals surface area contributed by atoms with Crippen molar-refractivity contribution in [2.24, 2.45) is 0 Å². The number of esters is 3. The molecule has 0 aliphatic heterocycles. The fraction of sp³-hybridized carbons (Fsp3) is 0.877. The molecule has 0 spiro atoms. The Morgan fingerprint density at radius 3 is 0.968 bits per heavy atom. The minimum Gasteiger partial charge on any atom is -0.462 e. The van der Waals surface area contributed by atoms with E-state index in [-0.39, 0.29) is 37.5 Å². The number of carbonyl (C=O) groups is 3. The van der Waals surface area contributed by atoms with Crippen molar-refractivity contribution in [3.8, 4) is 0 Å². The highest BCUT2D eigenvalue weighted by Crippen LogP contribution is 2.17. The van der Waals surface area contributed by atoms with Crippen LogP contribution >= 0.6 is 0 Å². The second-order valence-corrected chi connectivity index (χ2v) is 18.9. The summed E-state index contributed by atoms with van der Waals surface area (Å²) < 4.78 is 16.8. The van der Waals surface area contributed by atoms with Crippen LogP contribution in [0.15, 0.2) is 24.3 Å². The number of unbranched alkanes of at least 4 members (excludes halogenated alkanes) is 36. The Balaban J connectivity index is 4.36. The smallest absolute Gasteiger partial charge is 0.306 e. The molecule has 0 aromatic carbocycles. The van der Waals surface area contributed by atoms with Crippen LogP contribution in [0.5, 0.6) is 0 Å². The zero-order chi connectivity index (χ0) is 45.8. The first-order valence-electron chi connectivity index (χ1n) is 27.8. The van der Waals surface area contributed by atoms with E-state index in [1.807, 2.05) is 6.08 Å². The molecule has 0 saturated heterocycles. The van der Waals surface area contributed by atoms with Crippen molar-refractivity contribution in [2.45, 2.75) is 309 Å². The van der Waals surface area contributed by atoms with Gasteiger partial charge in [0.1, 0.15) is 13.2 Å². The summed E-state index contributed by atoms with van der Waals surface area (Å²) in [5, 5.41) is 0. The van der Waals surface area contributed by atoms with E-state index < -0.39 is 6.10 Å². The number of hydrogen-bond acceptors (Lipinski definition) is 6. The van der Waals surface area contributed by atoms with Gasteiger partial charge in [0, 0.05) is 19.3 Å². The van der Waals surface area contributed by atoms with Crippen molar-refractivity contribution in [2.75, 3.05) is 13.2 Å². The Morgan fingerprint density at radius 1 is 0.317 bits per heavy atom. The molecule has 370 valence electrons. The van der Waals surface area contributed by atoms with E-state index >= 15 is 0 Å². The minimum atomic E-state index is -0.787. The molecule has 0 rings (SSSR count). The van der Waals surface area contributed by atoms with Gasteiger partial charge in [0.15, 0.2) is 6.10 Å². The van der Waals surface area contributed by atoms with Crippen LogP contribution < -0.4 is 0 Å². The first-order chi connectivity index (χ1) is 31.0. The molecule has 0 heterocycles. The van der Waals surface area contributed by atoms with Crippen LogP contribution in [0, 0.1) is 0 Å². The molecule has 0 amide bonds. The van der Waals surface area contributed by atoms with Crippen LogP contribution in [0.1, 0.15) is 303 Å². The summed E-state index contributed by atoms with van der Waals surface area (Å²) in [6.45, 7) is 6.62. The lowest BCUT2D eigenvalue weighted by Gasteiger charge is -2.18. The lowest BCUT2D eigenvalue weighted by Crippen LogP contribution is -2.30. The predicted octanol–water partition coefficient (Wildman–Crippen LogP) is 18.3. The second-order valence-electron chi connectivity index (χ2n) is 18.9. The number of carbonyl (C=O) groups excluding carboxylic acids is 3. The van der Waals surface area contributed by atoms with Gasteiger partial charge in [-0.15, -0.1) is 0 Å². The molecule has 0 N–H and O–H groups in total. The average molecular weight is 887 g/mol. The third-order valence-corrected chi connectivity index (χ3v) is 12.5. The van der Waals surface area contributed by atoms with E-state index in [1.54, 1.807) is 0 Å². The standard InChI is InChI=1S/C57H106O6/c1-4-7-10-13-16-19-22-25-27-28-30-32-35-38-41-44-47-50-56(59)62-53-54(52-61-55(58)49-46-43-40-37-34-31-24-21-18-15-12-9-6-3)63-57(60)51-48-45-42-39-36-33-29-26-23-20-17-14-11-8-5-2/h31,34,40,43,54H,4-30,32-33,35-39,41-42,44-53H2,1-3H3/b34-31+,43-40+. The fourth-order valence-corrected chi connectivity index (χ4v) is 8.26. The van der Waals surface area contributed by atoms with Crippen molar-refractivity contribution >= 4 is 17.9 Å². The summed E-state index contributed by atoms with van der Waals surface area (Å²) in [4.78, 5) is 38.0. The zero-order valence-corrected chi connectivity index (χ0v) is 42.4. The molecule has 6 heteroatoms. The molecule has 0 aromatic heterocycles. The third kappa shape index (κ3) is 50.7. The van der Waals surface area contributed by atoms with E-state index in [2.05, 4.69) is 39.0 Å². The van der Waals surface area contributed by atoms with Gasteiger partial charge >= 0.3 is 17.9 Å². The molecule has 1 atom stereocenters. The van der Waals surface area contributed by atoms with Gasteiger partial charge in [0.25, 0.3) is 0 Å². The molecule has 63 heavy (non-hydrogen) atoms. The molecule has 0 aliphatic rings. The maximum absolute atomic E-state index is 12.8. The molecule has 0 fully saturated rings. The highest BCUT2D eigenvalue weighted by molar-refractivity contribution is 5.71. The van der Waals surface area contributed by atoms with E-state index in [0.717, 1.165) is 51.4 Å². The first-order valence-corrected chi connectivity index (χ1v) is 27.8. The molecule has 0 aliphatic carbocycles. The Hall–Kier alpha value is -2.11. The Kier molecular flexibility index (Phi) is 50.8. The van der Waals surface area contributed by atoms with Crippen LogP contribution in [0.25, 0.3) is 0 Å². The Labute approximate surface area is 392 Å². The molecule has 0 saturated carbocycles. The van der Waals surface area contributed by atoms with E-state index in [0.29, 0.717) is 19.3 Å². The molecular weight excluding hydrogens is 781 g/mol. The molecular formula is C57H106O6. The maximum Gasteiger partial charge on any atom is 0.306 e. The van der Waals surface area contributed by atoms with Crippen LogP contribution in [-0.2, 0) is 28.6 Å². The monoisotopic (exact) mass is 887 g/mol. The van der Waals surface area contributed by atoms with Gasteiger partial charge in [-0.05, 0) is 38.5 Å². The predicted molar refractivity (Wildman–Crippen MR) is 270 cm³/mol. The Morgan fingerprint density at radius 2 is 0.603 bits per heavy atom. The van der Waals surface area contributed by atoms with Crippen molar-refractivity contribution in [3.05, 3.63) is 24.3 Å². The van der Waals surface area contributed by atoms with E-state index in [9.17, 15) is 14.4 Å². The second kappa shape index (κ2) is 52.5. The summed E-state index contributed by atoms with van der Waals surface area (Å²) in [6.07, 6.45) is 60.3. The van der Waals surface area contributed by atoms with Crippen LogP contribution in [0.4, 0.5) is 0 Å². The highest BCUT2D eigenvalue weighted by Gasteiger charge is 2.19. The number of hydrogen-bond donors (Lipinski definition) is 0. The minimum absolute atomic E-state index is 0.0827. The summed E-state index contributed by atoms with van der Waals surface area (Å²) in [5.74, 6) is -0.934. The van der Waals surface area contributed by atoms with Crippen molar-refractivity contribution in [1.29, 1.82) is 0 Å². The summed E-state index contributed by atoms with van der Waals surface area (Å²) in [7, 11) is 0. The highest BCUT2D eigenvalue weighted by atomic mass is 16.6. The molecule has 0 aromatic rings. The number of allylic oxidation sites excluding steroid dienone is 4. The van der Waals surface area contributed by atoms with Gasteiger partial charge < -0.3 is 14.2 Å². The average Bonchev–Trinajstić information content (AvgIpc) is 3.28. The van der Waals surface area contributed by atoms with Gasteiger partial charge in [0.2, 0.25) is 0 Å². The van der Waals surface area contributed by atoms with Crippen LogP contribution in [-0.4, -0.2) is 37.2 Å². The lowest BCUT2D eigenvalue weighted by molar-refractivity contribution is -0.166. The number of ether oxygens (including phenoxy) is 3. The van der Waals surface area contributed by atoms with Crippen molar-refractivity contribution < 1.29 is 28.6 Å². The van der Waals surface area contributed by atoms with E-state index in [1.165, 1.54) is 205 Å². The molecule has 0 radical (unpaired) electrons. The van der Waals surface area contributed by atoms with Gasteiger partial charge in [-0.25, -0.2) is 0 Å². The summed E-state index contributed by atoms with van der Waals surface area (Å²) in [6, 6.07) is 0. The van der Waals surface area contributed by atoms with Crippen molar-refractivity contribution in [1.82, 2.24) is 0 Å². The summed E-state index contributed by atoms with van der Waals surface area (Å²) in [5.41, 5.74) is 0. The largest absolute Gasteiger partial charge is 0.462 e. The SMILES string of the molecule is CCCCCCCC/C=C/C/C=C/CCC(=O)OCC(COC(=O)CCCCCCCCCCCCCCCCCCC)OC(=O)CCCCCCCCCCCCCCCCC. The van der Waals surface area contributed by atoms with Gasteiger partial charge in [0.05, 0.1) is 0 Å². The van der Waals surface area contributed by atoms with Crippen molar-refractivity contribution in [3.63, 3.8) is 0 Å². The van der Waals surface area contributed by atoms with Crippen LogP contribution in [0.3, 0.4) is 0 Å². The lowest BCUT2D eigenvalue weighted by atomic mass is 10.0. The maximum atomic E-state index is 12.8. The van der Waals surface area contributed by atoms with Crippen LogP contribution in [0.2, 0.25) is 0 Å². The zero-order valence-electron chi connectivity index (χ0n) is 42.4. The molecule has 1 unspecified atom stereocenters. The summed E-state index contributed by atoms with van der Waals surface area (Å²) >= 11 is 0. The third-order valence-electron chi connectivity index (χ3n) is 12.5. The van der Waals surface area contributed by atoms with Gasteiger partial charge in [-0.3, -0.25) is 14.4 Å². The van der Waals surface area contributed by atoms with Gasteiger partial charge in [-0.2, -0.15) is 0 Å². The molecule has 0 bridgehead atoms. The fourth-order valence-electron chi connectivity index (χ4n) is 8.26. The number of rotatable bonds is 51. The van der Waals surface area contributed by atoms with E-state index in [4.69, 9.17) is 14.2 Å². The molecule has 6 nitrogen and oxygen atoms in total. The Bertz CT molecular complexity index is 1020. The topological polar surface area (TPSA) is 78.9 Å². The van der Waals surface area contributed by atoms with Gasteiger partial charge in [-0.1, -0.05) is 270 Å². The quantitative estimate of drug-likeness (QED) is 0.0262.